The summed E-state index contributed by atoms with van der Waals surface area (Å²) in [5.41, 5.74) is 0.906. The van der Waals surface area contributed by atoms with E-state index >= 15 is 4.39 Å². The molecule has 47 heavy (non-hydrogen) atoms. The summed E-state index contributed by atoms with van der Waals surface area (Å²) >= 11 is 0. The van der Waals surface area contributed by atoms with E-state index in [0.29, 0.717) is 55.0 Å². The van der Waals surface area contributed by atoms with Gasteiger partial charge in [-0.15, -0.1) is 0 Å². The largest absolute Gasteiger partial charge is 0.457 e. The number of likely N-dealkylation sites (N-methyl/N-ethyl adjacent to an activating group) is 1. The van der Waals surface area contributed by atoms with E-state index in [4.69, 9.17) is 19.2 Å². The number of hydrogen-bond donors (Lipinski definition) is 1. The number of piperazine rings is 1. The summed E-state index contributed by atoms with van der Waals surface area (Å²) in [5, 5.41) is 3.21. The first-order valence-electron chi connectivity index (χ1n) is 15.7. The van der Waals surface area contributed by atoms with E-state index in [1.807, 2.05) is 26.0 Å². The van der Waals surface area contributed by atoms with Crippen LogP contribution in [0.3, 0.4) is 0 Å². The van der Waals surface area contributed by atoms with Crippen LogP contribution in [0, 0.1) is 5.82 Å². The minimum absolute atomic E-state index is 0.0258. The van der Waals surface area contributed by atoms with Crippen LogP contribution in [0.15, 0.2) is 23.0 Å². The second-order valence-corrected chi connectivity index (χ2v) is 12.9. The van der Waals surface area contributed by atoms with Gasteiger partial charge in [-0.1, -0.05) is 6.92 Å². The van der Waals surface area contributed by atoms with Crippen molar-refractivity contribution >= 4 is 29.1 Å². The molecule has 3 aliphatic rings. The third-order valence-electron chi connectivity index (χ3n) is 8.93. The van der Waals surface area contributed by atoms with Crippen molar-refractivity contribution in [2.45, 2.75) is 58.5 Å². The van der Waals surface area contributed by atoms with E-state index in [1.165, 1.54) is 12.1 Å². The Balaban J connectivity index is 1.47. The molecule has 6 rings (SSSR count). The number of carbonyl (C=O) groups excluding carboxylic acids is 3. The van der Waals surface area contributed by atoms with Crippen LogP contribution in [0.2, 0.25) is 0 Å². The number of hydrogen-bond acceptors (Lipinski definition) is 10. The molecule has 3 aliphatic heterocycles. The van der Waals surface area contributed by atoms with Gasteiger partial charge in [0.1, 0.15) is 6.61 Å². The molecular weight excluding hydrogens is 611 g/mol. The number of rotatable bonds is 6. The zero-order valence-electron chi connectivity index (χ0n) is 27.4. The summed E-state index contributed by atoms with van der Waals surface area (Å²) in [7, 11) is 5.75. The van der Waals surface area contributed by atoms with Crippen molar-refractivity contribution in [1.82, 2.24) is 29.6 Å². The van der Waals surface area contributed by atoms with Crippen LogP contribution in [0.4, 0.5) is 14.0 Å². The molecule has 0 spiro atoms. The van der Waals surface area contributed by atoms with Gasteiger partial charge >= 0.3 is 18.2 Å². The monoisotopic (exact) mass is 650 g/mol. The number of amides is 2. The lowest BCUT2D eigenvalue weighted by molar-refractivity contribution is -0.172. The normalized spacial score (nSPS) is 19.0. The maximum absolute atomic E-state index is 15.5. The van der Waals surface area contributed by atoms with Gasteiger partial charge in [0.25, 0.3) is 5.56 Å². The van der Waals surface area contributed by atoms with Crippen LogP contribution in [0.25, 0.3) is 22.3 Å². The molecule has 250 valence electrons. The van der Waals surface area contributed by atoms with Gasteiger partial charge in [0.15, 0.2) is 11.6 Å². The second kappa shape index (κ2) is 12.2. The van der Waals surface area contributed by atoms with Crippen molar-refractivity contribution < 1.29 is 33.0 Å². The van der Waals surface area contributed by atoms with E-state index in [-0.39, 0.29) is 42.5 Å². The molecule has 1 atom stereocenters. The third kappa shape index (κ3) is 5.69. The molecule has 2 amide bonds. The molecule has 1 N–H and O–H groups in total. The van der Waals surface area contributed by atoms with Crippen LogP contribution in [0.5, 0.6) is 5.75 Å². The quantitative estimate of drug-likeness (QED) is 0.310. The highest BCUT2D eigenvalue weighted by Crippen LogP contribution is 2.42. The molecule has 1 saturated heterocycles. The minimum atomic E-state index is -1.85. The van der Waals surface area contributed by atoms with Crippen molar-refractivity contribution in [3.05, 3.63) is 56.6 Å². The van der Waals surface area contributed by atoms with Crippen molar-refractivity contribution in [3.8, 4) is 17.1 Å². The topological polar surface area (TPSA) is 136 Å². The average molecular weight is 651 g/mol. The summed E-state index contributed by atoms with van der Waals surface area (Å²) in [4.78, 5) is 63.4. The number of nitrogens with one attached hydrogen (secondary N) is 1. The molecule has 5 heterocycles. The van der Waals surface area contributed by atoms with Crippen LogP contribution in [-0.2, 0) is 39.6 Å². The number of fused-ring (bicyclic) bond motifs is 5. The fraction of sp³-hybridized carbons (Fsp3) is 0.485. The van der Waals surface area contributed by atoms with Crippen LogP contribution < -0.4 is 15.6 Å². The number of nitrogens with zero attached hydrogens (tertiary/aromatic N) is 5. The van der Waals surface area contributed by atoms with E-state index in [2.05, 4.69) is 10.2 Å². The molecule has 0 bridgehead atoms. The third-order valence-corrected chi connectivity index (χ3v) is 8.93. The first-order chi connectivity index (χ1) is 22.3. The maximum atomic E-state index is 15.5. The number of carbonyl (C=O) groups is 3. The summed E-state index contributed by atoms with van der Waals surface area (Å²) < 4.78 is 33.8. The van der Waals surface area contributed by atoms with Gasteiger partial charge in [-0.2, -0.15) is 0 Å². The SMILES string of the molecule is CC[C@@]1(OC(=O)NC(C)C)C(=O)OCc2c1cc1n(c2=O)Cc2c-1nc1cc(F)c(OC(=O)N3CCN(C)CC3)cc1c2CN(C)C. The molecule has 13 nitrogen and oxygen atoms in total. The Morgan fingerprint density at radius 3 is 2.51 bits per heavy atom. The molecule has 0 unspecified atom stereocenters. The van der Waals surface area contributed by atoms with Gasteiger partial charge in [-0.25, -0.2) is 23.8 Å². The van der Waals surface area contributed by atoms with Crippen molar-refractivity contribution in [3.63, 3.8) is 0 Å². The number of halogens is 1. The predicted molar refractivity (Wildman–Crippen MR) is 170 cm³/mol. The molecule has 0 saturated carbocycles. The number of ether oxygens (including phenoxy) is 3. The molecule has 3 aromatic rings. The summed E-state index contributed by atoms with van der Waals surface area (Å²) in [6.45, 7) is 7.85. The van der Waals surface area contributed by atoms with Crippen LogP contribution >= 0.6 is 0 Å². The number of esters is 1. The molecule has 14 heteroatoms. The minimum Gasteiger partial charge on any atom is -0.457 e. The zero-order valence-corrected chi connectivity index (χ0v) is 27.4. The highest BCUT2D eigenvalue weighted by Gasteiger charge is 2.50. The number of aromatic nitrogens is 2. The summed E-state index contributed by atoms with van der Waals surface area (Å²) in [5.74, 6) is -1.72. The fourth-order valence-electron chi connectivity index (χ4n) is 6.47. The lowest BCUT2D eigenvalue weighted by Crippen LogP contribution is -2.49. The number of cyclic esters (lactones) is 1. The average Bonchev–Trinajstić information content (AvgIpc) is 3.37. The first-order valence-corrected chi connectivity index (χ1v) is 15.7. The van der Waals surface area contributed by atoms with Crippen molar-refractivity contribution in [1.29, 1.82) is 0 Å². The second-order valence-electron chi connectivity index (χ2n) is 12.9. The maximum Gasteiger partial charge on any atom is 0.415 e. The van der Waals surface area contributed by atoms with E-state index < -0.39 is 35.1 Å². The lowest BCUT2D eigenvalue weighted by Gasteiger charge is -2.35. The number of alkyl carbamates (subject to hydrolysis) is 1. The van der Waals surface area contributed by atoms with Crippen molar-refractivity contribution in [2.24, 2.45) is 0 Å². The molecule has 0 aliphatic carbocycles. The van der Waals surface area contributed by atoms with E-state index in [9.17, 15) is 19.2 Å². The molecular formula is C33H39FN6O7. The Bertz CT molecular complexity index is 1850. The predicted octanol–water partition coefficient (Wildman–Crippen LogP) is 3.17. The van der Waals surface area contributed by atoms with Crippen LogP contribution in [-0.4, -0.2) is 95.8 Å². The van der Waals surface area contributed by atoms with Gasteiger partial charge < -0.3 is 38.8 Å². The lowest BCUT2D eigenvalue weighted by atomic mass is 9.85. The highest BCUT2D eigenvalue weighted by molar-refractivity contribution is 5.91. The number of pyridine rings is 2. The number of benzene rings is 1. The van der Waals surface area contributed by atoms with Crippen molar-refractivity contribution in [2.75, 3.05) is 47.3 Å². The first kappa shape index (κ1) is 32.4. The van der Waals surface area contributed by atoms with Gasteiger partial charge in [-0.3, -0.25) is 4.79 Å². The Labute approximate surface area is 271 Å². The van der Waals surface area contributed by atoms with Crippen LogP contribution in [0.1, 0.15) is 49.4 Å². The van der Waals surface area contributed by atoms with Gasteiger partial charge in [0, 0.05) is 61.3 Å². The summed E-state index contributed by atoms with van der Waals surface area (Å²) in [6, 6.07) is 4.14. The standard InChI is InChI=1S/C33H39FN6O7/c1-7-33(47-31(43)35-18(2)3)23-13-26-28-21(16-40(26)29(41)22(23)17-45-30(33)42)20(15-37(4)5)19-12-27(24(34)14-25(19)36-28)46-32(44)39-10-8-38(6)9-11-39/h12-14,18H,7-11,15-17H2,1-6H3,(H,35,43)/t33-/m0/s1. The van der Waals surface area contributed by atoms with Gasteiger partial charge in [-0.05, 0) is 59.1 Å². The Morgan fingerprint density at radius 2 is 1.85 bits per heavy atom. The Kier molecular flexibility index (Phi) is 8.43. The van der Waals surface area contributed by atoms with E-state index in [0.717, 1.165) is 11.1 Å². The molecule has 1 aromatic carbocycles. The Morgan fingerprint density at radius 1 is 1.13 bits per heavy atom. The van der Waals surface area contributed by atoms with Gasteiger partial charge in [0.2, 0.25) is 5.60 Å². The molecule has 0 radical (unpaired) electrons. The van der Waals surface area contributed by atoms with Gasteiger partial charge in [0.05, 0.1) is 29.0 Å². The molecule has 2 aromatic heterocycles. The summed E-state index contributed by atoms with van der Waals surface area (Å²) in [6.07, 6.45) is -1.41. The Hall–Kier alpha value is -4.56. The zero-order chi connectivity index (χ0) is 33.8. The fourth-order valence-corrected chi connectivity index (χ4v) is 6.47. The van der Waals surface area contributed by atoms with E-state index in [1.54, 1.807) is 36.3 Å². The smallest absolute Gasteiger partial charge is 0.415 e. The molecule has 1 fully saturated rings. The highest BCUT2D eigenvalue weighted by atomic mass is 19.1.